The van der Waals surface area contributed by atoms with E-state index < -0.39 is 17.3 Å². The molecule has 0 atom stereocenters. The molecule has 0 spiro atoms. The van der Waals surface area contributed by atoms with Crippen LogP contribution in [0.2, 0.25) is 0 Å². The normalized spacial score (nSPS) is 9.77. The fraction of sp³-hybridized carbons (Fsp3) is 0. The maximum Gasteiger partial charge on any atom is 0.191 e. The molecule has 0 amide bonds. The van der Waals surface area contributed by atoms with Gasteiger partial charge in [-0.15, -0.1) is 0 Å². The molecule has 1 aromatic rings. The van der Waals surface area contributed by atoms with E-state index in [0.717, 1.165) is 12.1 Å². The molecule has 0 bridgehead atoms. The Morgan fingerprint density at radius 2 is 1.69 bits per heavy atom. The molecule has 4 N–H and O–H groups in total. The fourth-order valence-electron chi connectivity index (χ4n) is 0.770. The molecule has 0 aromatic heterocycles. The summed E-state index contributed by atoms with van der Waals surface area (Å²) in [5.41, 5.74) is 9.53. The lowest BCUT2D eigenvalue weighted by Crippen LogP contribution is -2.22. The molecule has 0 aliphatic rings. The Balaban J connectivity index is 3.29. The van der Waals surface area contributed by atoms with Crippen molar-refractivity contribution in [1.82, 2.24) is 0 Å². The Kier molecular flexibility index (Phi) is 3.02. The van der Waals surface area contributed by atoms with E-state index in [1.165, 1.54) is 0 Å². The van der Waals surface area contributed by atoms with Gasteiger partial charge in [0.25, 0.3) is 0 Å². The topological polar surface area (TPSA) is 64.4 Å². The summed E-state index contributed by atoms with van der Waals surface area (Å²) in [5, 5.41) is 0. The number of benzene rings is 1. The SMILES string of the molecule is NC(N)=Nc1c(F)cc(I)cc1F. The summed E-state index contributed by atoms with van der Waals surface area (Å²) in [6, 6.07) is 2.29. The van der Waals surface area contributed by atoms with Crippen LogP contribution in [0.5, 0.6) is 0 Å². The summed E-state index contributed by atoms with van der Waals surface area (Å²) in [6.07, 6.45) is 0. The summed E-state index contributed by atoms with van der Waals surface area (Å²) < 4.78 is 26.5. The van der Waals surface area contributed by atoms with Crippen molar-refractivity contribution in [1.29, 1.82) is 0 Å². The molecule has 0 aliphatic heterocycles. The Labute approximate surface area is 87.0 Å². The van der Waals surface area contributed by atoms with Gasteiger partial charge in [0.05, 0.1) is 0 Å². The lowest BCUT2D eigenvalue weighted by atomic mass is 10.3. The molecular formula is C7H6F2IN3. The Morgan fingerprint density at radius 1 is 1.23 bits per heavy atom. The minimum absolute atomic E-state index is 0.376. The molecule has 0 aliphatic carbocycles. The van der Waals surface area contributed by atoms with Crippen molar-refractivity contribution in [3.05, 3.63) is 27.3 Å². The Morgan fingerprint density at radius 3 is 2.08 bits per heavy atom. The number of nitrogens with two attached hydrogens (primary N) is 2. The first-order valence-electron chi connectivity index (χ1n) is 3.25. The average molecular weight is 297 g/mol. The molecule has 0 saturated carbocycles. The lowest BCUT2D eigenvalue weighted by Gasteiger charge is -2.00. The maximum atomic E-state index is 13.0. The zero-order chi connectivity index (χ0) is 10.0. The minimum atomic E-state index is -0.780. The van der Waals surface area contributed by atoms with Crippen LogP contribution in [-0.4, -0.2) is 5.96 Å². The van der Waals surface area contributed by atoms with Crippen molar-refractivity contribution >= 4 is 34.2 Å². The highest BCUT2D eigenvalue weighted by molar-refractivity contribution is 14.1. The smallest absolute Gasteiger partial charge is 0.191 e. The fourth-order valence-corrected chi connectivity index (χ4v) is 1.32. The van der Waals surface area contributed by atoms with Crippen molar-refractivity contribution in [3.63, 3.8) is 0 Å². The molecular weight excluding hydrogens is 291 g/mol. The molecule has 1 rings (SSSR count). The standard InChI is InChI=1S/C7H6F2IN3/c8-4-1-3(10)2-5(9)6(4)13-7(11)12/h1-2H,(H4,11,12,13). The Bertz CT molecular complexity index is 338. The van der Waals surface area contributed by atoms with Gasteiger partial charge >= 0.3 is 0 Å². The van der Waals surface area contributed by atoms with Crippen molar-refractivity contribution < 1.29 is 8.78 Å². The first-order valence-corrected chi connectivity index (χ1v) is 4.32. The van der Waals surface area contributed by atoms with Crippen LogP contribution in [0.1, 0.15) is 0 Å². The van der Waals surface area contributed by atoms with Crippen LogP contribution in [0.25, 0.3) is 0 Å². The third-order valence-corrected chi connectivity index (χ3v) is 1.85. The van der Waals surface area contributed by atoms with E-state index in [-0.39, 0.29) is 5.96 Å². The summed E-state index contributed by atoms with van der Waals surface area (Å²) in [6.45, 7) is 0. The van der Waals surface area contributed by atoms with Crippen LogP contribution >= 0.6 is 22.6 Å². The molecule has 0 radical (unpaired) electrons. The number of hydrogen-bond acceptors (Lipinski definition) is 1. The highest BCUT2D eigenvalue weighted by atomic mass is 127. The highest BCUT2D eigenvalue weighted by Crippen LogP contribution is 2.24. The molecule has 0 heterocycles. The molecule has 0 fully saturated rings. The number of aliphatic imine (C=N–C) groups is 1. The first kappa shape index (κ1) is 10.2. The molecule has 0 saturated heterocycles. The lowest BCUT2D eigenvalue weighted by molar-refractivity contribution is 0.585. The summed E-state index contributed by atoms with van der Waals surface area (Å²) in [5.74, 6) is -1.94. The van der Waals surface area contributed by atoms with Gasteiger partial charge in [0.2, 0.25) is 0 Å². The zero-order valence-electron chi connectivity index (χ0n) is 6.39. The van der Waals surface area contributed by atoms with Crippen LogP contribution in [0.3, 0.4) is 0 Å². The third-order valence-electron chi connectivity index (χ3n) is 1.22. The molecule has 1 aromatic carbocycles. The highest BCUT2D eigenvalue weighted by Gasteiger charge is 2.09. The van der Waals surface area contributed by atoms with Gasteiger partial charge < -0.3 is 11.5 Å². The summed E-state index contributed by atoms with van der Waals surface area (Å²) in [7, 11) is 0. The van der Waals surface area contributed by atoms with Crippen molar-refractivity contribution in [2.24, 2.45) is 16.5 Å². The van der Waals surface area contributed by atoms with Crippen LogP contribution in [-0.2, 0) is 0 Å². The monoisotopic (exact) mass is 297 g/mol. The van der Waals surface area contributed by atoms with Gasteiger partial charge in [-0.2, -0.15) is 0 Å². The van der Waals surface area contributed by atoms with Gasteiger partial charge in [-0.25, -0.2) is 13.8 Å². The van der Waals surface area contributed by atoms with E-state index in [4.69, 9.17) is 11.5 Å². The molecule has 3 nitrogen and oxygen atoms in total. The summed E-state index contributed by atoms with van der Waals surface area (Å²) >= 11 is 1.79. The van der Waals surface area contributed by atoms with Gasteiger partial charge in [-0.3, -0.25) is 0 Å². The van der Waals surface area contributed by atoms with Crippen LogP contribution in [0.4, 0.5) is 14.5 Å². The second-order valence-corrected chi connectivity index (χ2v) is 3.50. The summed E-state index contributed by atoms with van der Waals surface area (Å²) in [4.78, 5) is 3.32. The van der Waals surface area contributed by atoms with Gasteiger partial charge in [-0.1, -0.05) is 0 Å². The Hall–Kier alpha value is -0.920. The van der Waals surface area contributed by atoms with E-state index in [9.17, 15) is 8.78 Å². The number of halogens is 3. The van der Waals surface area contributed by atoms with Crippen molar-refractivity contribution in [3.8, 4) is 0 Å². The first-order chi connectivity index (χ1) is 6.00. The second kappa shape index (κ2) is 3.86. The second-order valence-electron chi connectivity index (χ2n) is 2.25. The number of hydrogen-bond donors (Lipinski definition) is 2. The third kappa shape index (κ3) is 2.51. The van der Waals surface area contributed by atoms with E-state index in [0.29, 0.717) is 3.57 Å². The number of rotatable bonds is 1. The van der Waals surface area contributed by atoms with E-state index in [1.807, 2.05) is 0 Å². The van der Waals surface area contributed by atoms with E-state index >= 15 is 0 Å². The molecule has 70 valence electrons. The van der Waals surface area contributed by atoms with Gasteiger partial charge in [0.1, 0.15) is 5.69 Å². The average Bonchev–Trinajstić information content (AvgIpc) is 1.96. The maximum absolute atomic E-state index is 13.0. The van der Waals surface area contributed by atoms with Gasteiger partial charge in [0.15, 0.2) is 17.6 Å². The zero-order valence-corrected chi connectivity index (χ0v) is 8.55. The predicted molar refractivity (Wildman–Crippen MR) is 54.5 cm³/mol. The van der Waals surface area contributed by atoms with Gasteiger partial charge in [-0.05, 0) is 34.7 Å². The largest absolute Gasteiger partial charge is 0.370 e. The molecule has 13 heavy (non-hydrogen) atoms. The molecule has 6 heteroatoms. The quantitative estimate of drug-likeness (QED) is 0.468. The van der Waals surface area contributed by atoms with Crippen molar-refractivity contribution in [2.45, 2.75) is 0 Å². The van der Waals surface area contributed by atoms with Gasteiger partial charge in [0, 0.05) is 3.57 Å². The van der Waals surface area contributed by atoms with Crippen LogP contribution in [0.15, 0.2) is 17.1 Å². The van der Waals surface area contributed by atoms with Crippen molar-refractivity contribution in [2.75, 3.05) is 0 Å². The number of guanidine groups is 1. The van der Waals surface area contributed by atoms with Crippen LogP contribution < -0.4 is 11.5 Å². The molecule has 0 unspecified atom stereocenters. The van der Waals surface area contributed by atoms with Crippen LogP contribution in [0, 0.1) is 15.2 Å². The minimum Gasteiger partial charge on any atom is -0.370 e. The number of nitrogens with zero attached hydrogens (tertiary/aromatic N) is 1. The predicted octanol–water partition coefficient (Wildman–Crippen LogP) is 1.47. The van der Waals surface area contributed by atoms with E-state index in [1.54, 1.807) is 22.6 Å². The van der Waals surface area contributed by atoms with E-state index in [2.05, 4.69) is 4.99 Å².